The number of nitrogens with one attached hydrogen (secondary N) is 2. The van der Waals surface area contributed by atoms with Gasteiger partial charge in [0.25, 0.3) is 0 Å². The van der Waals surface area contributed by atoms with Gasteiger partial charge in [-0.3, -0.25) is 19.7 Å². The molecule has 1 atom stereocenters. The Morgan fingerprint density at radius 1 is 1.07 bits per heavy atom. The predicted octanol–water partition coefficient (Wildman–Crippen LogP) is 1.47. The normalized spacial score (nSPS) is 29.1. The van der Waals surface area contributed by atoms with Gasteiger partial charge in [-0.25, -0.2) is 0 Å². The van der Waals surface area contributed by atoms with Gasteiger partial charge in [0.2, 0.25) is 0 Å². The standard InChI is InChI=1S/C21H33ClN6/c1-23-21(24-14-20-16-27-10-12-28(20)13-11-27)25-19-6-8-26(9-7-19)15-17-2-4-18(22)5-3-17/h2-5,19-20H,6-16H2,1H3,(H2,23,24,25). The molecule has 0 aromatic heterocycles. The summed E-state index contributed by atoms with van der Waals surface area (Å²) in [5.74, 6) is 0.953. The van der Waals surface area contributed by atoms with Crippen LogP contribution in [-0.2, 0) is 6.54 Å². The van der Waals surface area contributed by atoms with Crippen LogP contribution in [0.5, 0.6) is 0 Å². The van der Waals surface area contributed by atoms with Gasteiger partial charge < -0.3 is 10.6 Å². The monoisotopic (exact) mass is 404 g/mol. The van der Waals surface area contributed by atoms with Crippen molar-refractivity contribution in [2.24, 2.45) is 4.99 Å². The summed E-state index contributed by atoms with van der Waals surface area (Å²) in [6.45, 7) is 10.3. The second-order valence-electron chi connectivity index (χ2n) is 8.26. The van der Waals surface area contributed by atoms with Crippen LogP contribution in [0.1, 0.15) is 18.4 Å². The van der Waals surface area contributed by atoms with Crippen molar-refractivity contribution in [3.63, 3.8) is 0 Å². The summed E-state index contributed by atoms with van der Waals surface area (Å²) < 4.78 is 0. The number of nitrogens with zero attached hydrogens (tertiary/aromatic N) is 4. The molecule has 4 saturated heterocycles. The van der Waals surface area contributed by atoms with Crippen molar-refractivity contribution in [2.45, 2.75) is 31.5 Å². The van der Waals surface area contributed by atoms with E-state index in [9.17, 15) is 0 Å². The number of benzene rings is 1. The number of fused-ring (bicyclic) bond motifs is 3. The van der Waals surface area contributed by atoms with Gasteiger partial charge in [-0.1, -0.05) is 23.7 Å². The summed E-state index contributed by atoms with van der Waals surface area (Å²) >= 11 is 5.99. The van der Waals surface area contributed by atoms with Gasteiger partial charge in [-0.05, 0) is 30.5 Å². The van der Waals surface area contributed by atoms with Gasteiger partial charge in [0, 0.05) is 83.1 Å². The van der Waals surface area contributed by atoms with Crippen molar-refractivity contribution < 1.29 is 0 Å². The van der Waals surface area contributed by atoms with Crippen molar-refractivity contribution >= 4 is 17.6 Å². The molecule has 1 aromatic rings. The van der Waals surface area contributed by atoms with E-state index in [0.717, 1.165) is 50.0 Å². The number of hydrogen-bond donors (Lipinski definition) is 2. The summed E-state index contributed by atoms with van der Waals surface area (Å²) in [6.07, 6.45) is 2.30. The Hall–Kier alpha value is -1.34. The highest BCUT2D eigenvalue weighted by Crippen LogP contribution is 2.17. The first-order valence-corrected chi connectivity index (χ1v) is 11.0. The number of halogens is 1. The summed E-state index contributed by atoms with van der Waals surface area (Å²) in [5.41, 5.74) is 1.33. The van der Waals surface area contributed by atoms with E-state index in [1.54, 1.807) is 0 Å². The van der Waals surface area contributed by atoms with Crippen LogP contribution in [0.2, 0.25) is 5.02 Å². The molecule has 0 radical (unpaired) electrons. The van der Waals surface area contributed by atoms with Crippen LogP contribution in [0.3, 0.4) is 0 Å². The van der Waals surface area contributed by atoms with E-state index in [4.69, 9.17) is 11.6 Å². The Kier molecular flexibility index (Phi) is 6.73. The number of guanidine groups is 1. The molecule has 4 heterocycles. The molecular formula is C21H33ClN6. The third-order valence-electron chi connectivity index (χ3n) is 6.37. The number of hydrogen-bond acceptors (Lipinski definition) is 4. The number of likely N-dealkylation sites (tertiary alicyclic amines) is 1. The van der Waals surface area contributed by atoms with E-state index in [2.05, 4.69) is 42.5 Å². The van der Waals surface area contributed by atoms with Crippen molar-refractivity contribution in [1.29, 1.82) is 0 Å². The smallest absolute Gasteiger partial charge is 0.191 e. The lowest BCUT2D eigenvalue weighted by atomic mass is 10.0. The molecule has 28 heavy (non-hydrogen) atoms. The summed E-state index contributed by atoms with van der Waals surface area (Å²) in [4.78, 5) is 12.2. The molecule has 2 N–H and O–H groups in total. The molecule has 0 spiro atoms. The van der Waals surface area contributed by atoms with Crippen molar-refractivity contribution in [1.82, 2.24) is 25.3 Å². The average molecular weight is 405 g/mol. The molecule has 4 fully saturated rings. The molecule has 0 aliphatic carbocycles. The summed E-state index contributed by atoms with van der Waals surface area (Å²) in [6, 6.07) is 9.33. The van der Waals surface area contributed by atoms with E-state index in [1.165, 1.54) is 38.3 Å². The van der Waals surface area contributed by atoms with Gasteiger partial charge >= 0.3 is 0 Å². The van der Waals surface area contributed by atoms with Crippen LogP contribution >= 0.6 is 11.6 Å². The fraction of sp³-hybridized carbons (Fsp3) is 0.667. The van der Waals surface area contributed by atoms with Gasteiger partial charge in [0.15, 0.2) is 5.96 Å². The number of aliphatic imine (C=N–C) groups is 1. The van der Waals surface area contributed by atoms with Crippen LogP contribution in [0.25, 0.3) is 0 Å². The van der Waals surface area contributed by atoms with Crippen LogP contribution in [0, 0.1) is 0 Å². The largest absolute Gasteiger partial charge is 0.355 e. The van der Waals surface area contributed by atoms with Crippen LogP contribution in [-0.4, -0.2) is 92.1 Å². The Balaban J connectivity index is 1.18. The SMILES string of the molecule is CN=C(NCC1CN2CCN1CC2)NC1CCN(Cc2ccc(Cl)cc2)CC1. The maximum atomic E-state index is 5.99. The number of piperazine rings is 3. The second-order valence-corrected chi connectivity index (χ2v) is 8.70. The van der Waals surface area contributed by atoms with Gasteiger partial charge in [0.1, 0.15) is 0 Å². The molecule has 154 valence electrons. The van der Waals surface area contributed by atoms with E-state index >= 15 is 0 Å². The molecule has 7 heteroatoms. The van der Waals surface area contributed by atoms with Gasteiger partial charge in [-0.2, -0.15) is 0 Å². The molecule has 6 nitrogen and oxygen atoms in total. The Morgan fingerprint density at radius 2 is 1.79 bits per heavy atom. The second kappa shape index (κ2) is 9.44. The molecule has 2 bridgehead atoms. The quantitative estimate of drug-likeness (QED) is 0.575. The van der Waals surface area contributed by atoms with Crippen molar-refractivity contribution in [3.05, 3.63) is 34.9 Å². The lowest BCUT2D eigenvalue weighted by Crippen LogP contribution is -2.64. The minimum Gasteiger partial charge on any atom is -0.355 e. The summed E-state index contributed by atoms with van der Waals surface area (Å²) in [5, 5.41) is 8.02. The fourth-order valence-electron chi connectivity index (χ4n) is 4.60. The Bertz CT molecular complexity index is 647. The third kappa shape index (κ3) is 5.17. The molecule has 5 rings (SSSR count). The van der Waals surface area contributed by atoms with E-state index in [0.29, 0.717) is 12.1 Å². The molecule has 4 aliphatic rings. The van der Waals surface area contributed by atoms with Crippen LogP contribution in [0.15, 0.2) is 29.3 Å². The van der Waals surface area contributed by atoms with Crippen molar-refractivity contribution in [2.75, 3.05) is 59.4 Å². The zero-order valence-electron chi connectivity index (χ0n) is 16.9. The first-order chi connectivity index (χ1) is 13.7. The minimum absolute atomic E-state index is 0.500. The highest BCUT2D eigenvalue weighted by molar-refractivity contribution is 6.30. The highest BCUT2D eigenvalue weighted by atomic mass is 35.5. The topological polar surface area (TPSA) is 46.1 Å². The highest BCUT2D eigenvalue weighted by Gasteiger charge is 2.31. The molecule has 0 amide bonds. The zero-order valence-corrected chi connectivity index (χ0v) is 17.7. The first-order valence-electron chi connectivity index (χ1n) is 10.6. The van der Waals surface area contributed by atoms with E-state index in [1.807, 2.05) is 19.2 Å². The Morgan fingerprint density at radius 3 is 2.39 bits per heavy atom. The maximum absolute atomic E-state index is 5.99. The van der Waals surface area contributed by atoms with Crippen LogP contribution in [0.4, 0.5) is 0 Å². The lowest BCUT2D eigenvalue weighted by molar-refractivity contribution is 0.0154. The number of rotatable bonds is 5. The predicted molar refractivity (Wildman–Crippen MR) is 116 cm³/mol. The molecule has 1 unspecified atom stereocenters. The van der Waals surface area contributed by atoms with E-state index < -0.39 is 0 Å². The Labute approximate surface area is 173 Å². The van der Waals surface area contributed by atoms with Gasteiger partial charge in [0.05, 0.1) is 0 Å². The summed E-state index contributed by atoms with van der Waals surface area (Å²) in [7, 11) is 1.88. The number of piperidine rings is 1. The molecule has 4 aliphatic heterocycles. The fourth-order valence-corrected chi connectivity index (χ4v) is 4.73. The molecule has 1 aromatic carbocycles. The van der Waals surface area contributed by atoms with E-state index in [-0.39, 0.29) is 0 Å². The average Bonchev–Trinajstić information content (AvgIpc) is 2.75. The molecule has 0 saturated carbocycles. The van der Waals surface area contributed by atoms with Crippen molar-refractivity contribution in [3.8, 4) is 0 Å². The third-order valence-corrected chi connectivity index (χ3v) is 6.62. The van der Waals surface area contributed by atoms with Crippen LogP contribution < -0.4 is 10.6 Å². The lowest BCUT2D eigenvalue weighted by Gasteiger charge is -2.47. The minimum atomic E-state index is 0.500. The molecular weight excluding hydrogens is 372 g/mol. The first kappa shape index (κ1) is 20.0. The van der Waals surface area contributed by atoms with Gasteiger partial charge in [-0.15, -0.1) is 0 Å². The maximum Gasteiger partial charge on any atom is 0.191 e. The zero-order chi connectivity index (χ0) is 19.3.